The number of hydrogen-bond acceptors (Lipinski definition) is 3. The first-order chi connectivity index (χ1) is 7.67. The van der Waals surface area contributed by atoms with E-state index in [9.17, 15) is 4.79 Å². The minimum atomic E-state index is -0.0980. The molecule has 0 heterocycles. The van der Waals surface area contributed by atoms with Crippen LogP contribution in [0.5, 0.6) is 5.75 Å². The van der Waals surface area contributed by atoms with Crippen molar-refractivity contribution in [3.8, 4) is 5.75 Å². The molecular weight excluding hydrogens is 240 g/mol. The molecular formula is C12H19ClN2O2. The summed E-state index contributed by atoms with van der Waals surface area (Å²) in [6.45, 7) is 3.15. The average Bonchev–Trinajstić information content (AvgIpc) is 2.35. The molecule has 0 saturated heterocycles. The molecule has 0 saturated carbocycles. The first kappa shape index (κ1) is 15.7. The summed E-state index contributed by atoms with van der Waals surface area (Å²) in [7, 11) is 1.58. The van der Waals surface area contributed by atoms with E-state index in [1.165, 1.54) is 0 Å². The van der Waals surface area contributed by atoms with Gasteiger partial charge in [-0.15, -0.1) is 12.4 Å². The molecule has 0 aliphatic rings. The Balaban J connectivity index is 0.00000256. The highest BCUT2D eigenvalue weighted by Crippen LogP contribution is 2.12. The predicted molar refractivity (Wildman–Crippen MR) is 70.8 cm³/mol. The minimum Gasteiger partial charge on any atom is -0.497 e. The molecule has 0 aromatic heterocycles. The summed E-state index contributed by atoms with van der Waals surface area (Å²) in [6.07, 6.45) is 0. The highest BCUT2D eigenvalue weighted by Gasteiger charge is 2.07. The Kier molecular flexibility index (Phi) is 7.34. The molecule has 0 bridgehead atoms. The second-order valence-electron chi connectivity index (χ2n) is 3.78. The lowest BCUT2D eigenvalue weighted by molar-refractivity contribution is 0.0948. The molecule has 17 heavy (non-hydrogen) atoms. The first-order valence-electron chi connectivity index (χ1n) is 5.29. The van der Waals surface area contributed by atoms with E-state index in [2.05, 4.69) is 5.32 Å². The van der Waals surface area contributed by atoms with Gasteiger partial charge in [0.05, 0.1) is 7.11 Å². The van der Waals surface area contributed by atoms with Gasteiger partial charge in [-0.2, -0.15) is 0 Å². The summed E-state index contributed by atoms with van der Waals surface area (Å²) in [5, 5.41) is 2.83. The van der Waals surface area contributed by atoms with Crippen molar-refractivity contribution in [2.24, 2.45) is 11.7 Å². The number of benzene rings is 1. The monoisotopic (exact) mass is 258 g/mol. The maximum atomic E-state index is 11.7. The van der Waals surface area contributed by atoms with Crippen LogP contribution in [0, 0.1) is 5.92 Å². The van der Waals surface area contributed by atoms with Crippen molar-refractivity contribution in [2.45, 2.75) is 6.92 Å². The van der Waals surface area contributed by atoms with E-state index >= 15 is 0 Å². The molecule has 0 aliphatic heterocycles. The van der Waals surface area contributed by atoms with E-state index in [0.29, 0.717) is 24.4 Å². The Labute approximate surface area is 108 Å². The lowest BCUT2D eigenvalue weighted by Gasteiger charge is -2.10. The van der Waals surface area contributed by atoms with Gasteiger partial charge in [0.15, 0.2) is 0 Å². The van der Waals surface area contributed by atoms with Crippen molar-refractivity contribution < 1.29 is 9.53 Å². The third kappa shape index (κ3) is 5.06. The van der Waals surface area contributed by atoms with Crippen LogP contribution in [0.2, 0.25) is 0 Å². The van der Waals surface area contributed by atoms with Crippen LogP contribution in [-0.2, 0) is 0 Å². The predicted octanol–water partition coefficient (Wildman–Crippen LogP) is 1.44. The van der Waals surface area contributed by atoms with Gasteiger partial charge in [0.25, 0.3) is 5.91 Å². The summed E-state index contributed by atoms with van der Waals surface area (Å²) < 4.78 is 5.05. The maximum Gasteiger partial charge on any atom is 0.251 e. The van der Waals surface area contributed by atoms with E-state index in [1.807, 2.05) is 6.92 Å². The van der Waals surface area contributed by atoms with Gasteiger partial charge < -0.3 is 15.8 Å². The fourth-order valence-corrected chi connectivity index (χ4v) is 1.22. The molecule has 4 nitrogen and oxygen atoms in total. The van der Waals surface area contributed by atoms with Crippen molar-refractivity contribution in [2.75, 3.05) is 20.2 Å². The molecule has 3 N–H and O–H groups in total. The SMILES string of the molecule is COc1cccc(C(=O)NCC(C)CN)c1.Cl. The summed E-state index contributed by atoms with van der Waals surface area (Å²) in [4.78, 5) is 11.7. The van der Waals surface area contributed by atoms with Gasteiger partial charge in [-0.25, -0.2) is 0 Å². The van der Waals surface area contributed by atoms with Gasteiger partial charge in [0.2, 0.25) is 0 Å². The normalized spacial score (nSPS) is 11.2. The van der Waals surface area contributed by atoms with Gasteiger partial charge >= 0.3 is 0 Å². The molecule has 0 radical (unpaired) electrons. The lowest BCUT2D eigenvalue weighted by atomic mass is 10.1. The Bertz CT molecular complexity index is 358. The molecule has 1 rings (SSSR count). The summed E-state index contributed by atoms with van der Waals surface area (Å²) in [5.74, 6) is 0.869. The molecule has 96 valence electrons. The summed E-state index contributed by atoms with van der Waals surface area (Å²) in [6, 6.07) is 7.06. The number of amides is 1. The highest BCUT2D eigenvalue weighted by atomic mass is 35.5. The second-order valence-corrected chi connectivity index (χ2v) is 3.78. The van der Waals surface area contributed by atoms with Crippen molar-refractivity contribution in [1.82, 2.24) is 5.32 Å². The highest BCUT2D eigenvalue weighted by molar-refractivity contribution is 5.94. The van der Waals surface area contributed by atoms with Crippen LogP contribution in [0.1, 0.15) is 17.3 Å². The lowest BCUT2D eigenvalue weighted by Crippen LogP contribution is -2.31. The molecule has 0 spiro atoms. The topological polar surface area (TPSA) is 64.3 Å². The maximum absolute atomic E-state index is 11.7. The third-order valence-electron chi connectivity index (χ3n) is 2.35. The first-order valence-corrected chi connectivity index (χ1v) is 5.29. The Morgan fingerprint density at radius 1 is 1.53 bits per heavy atom. The van der Waals surface area contributed by atoms with E-state index in [1.54, 1.807) is 31.4 Å². The number of hydrogen-bond donors (Lipinski definition) is 2. The Morgan fingerprint density at radius 2 is 2.24 bits per heavy atom. The van der Waals surface area contributed by atoms with Crippen LogP contribution < -0.4 is 15.8 Å². The molecule has 1 atom stereocenters. The molecule has 1 amide bonds. The zero-order valence-electron chi connectivity index (χ0n) is 10.1. The minimum absolute atomic E-state index is 0. The average molecular weight is 259 g/mol. The Morgan fingerprint density at radius 3 is 2.82 bits per heavy atom. The van der Waals surface area contributed by atoms with Gasteiger partial charge in [-0.05, 0) is 30.7 Å². The number of carbonyl (C=O) groups is 1. The molecule has 1 aromatic rings. The summed E-state index contributed by atoms with van der Waals surface area (Å²) in [5.41, 5.74) is 6.07. The number of nitrogens with two attached hydrogens (primary N) is 1. The number of ether oxygens (including phenoxy) is 1. The van der Waals surface area contributed by atoms with Crippen LogP contribution >= 0.6 is 12.4 Å². The van der Waals surface area contributed by atoms with Crippen molar-refractivity contribution in [3.05, 3.63) is 29.8 Å². The van der Waals surface area contributed by atoms with Gasteiger partial charge in [0, 0.05) is 12.1 Å². The number of rotatable bonds is 5. The largest absolute Gasteiger partial charge is 0.497 e. The van der Waals surface area contributed by atoms with Crippen molar-refractivity contribution in [3.63, 3.8) is 0 Å². The number of nitrogens with one attached hydrogen (secondary N) is 1. The third-order valence-corrected chi connectivity index (χ3v) is 2.35. The smallest absolute Gasteiger partial charge is 0.251 e. The van der Waals surface area contributed by atoms with E-state index in [4.69, 9.17) is 10.5 Å². The molecule has 1 unspecified atom stereocenters. The second kappa shape index (κ2) is 7.92. The van der Waals surface area contributed by atoms with Crippen LogP contribution in [0.25, 0.3) is 0 Å². The molecule has 5 heteroatoms. The van der Waals surface area contributed by atoms with E-state index in [0.717, 1.165) is 0 Å². The van der Waals surface area contributed by atoms with Crippen LogP contribution in [0.3, 0.4) is 0 Å². The van der Waals surface area contributed by atoms with Crippen molar-refractivity contribution in [1.29, 1.82) is 0 Å². The van der Waals surface area contributed by atoms with Crippen LogP contribution in [0.4, 0.5) is 0 Å². The van der Waals surface area contributed by atoms with Crippen molar-refractivity contribution >= 4 is 18.3 Å². The van der Waals surface area contributed by atoms with Gasteiger partial charge in [-0.1, -0.05) is 13.0 Å². The number of carbonyl (C=O) groups excluding carboxylic acids is 1. The zero-order valence-corrected chi connectivity index (χ0v) is 10.9. The van der Waals surface area contributed by atoms with E-state index in [-0.39, 0.29) is 24.2 Å². The number of halogens is 1. The fraction of sp³-hybridized carbons (Fsp3) is 0.417. The molecule has 0 fully saturated rings. The number of methoxy groups -OCH3 is 1. The summed E-state index contributed by atoms with van der Waals surface area (Å²) >= 11 is 0. The molecule has 0 aliphatic carbocycles. The van der Waals surface area contributed by atoms with Crippen LogP contribution in [0.15, 0.2) is 24.3 Å². The quantitative estimate of drug-likeness (QED) is 0.840. The standard InChI is InChI=1S/C12H18N2O2.ClH/c1-9(7-13)8-14-12(15)10-4-3-5-11(6-10)16-2;/h3-6,9H,7-8,13H2,1-2H3,(H,14,15);1H. The van der Waals surface area contributed by atoms with E-state index < -0.39 is 0 Å². The Hall–Kier alpha value is -1.26. The fourth-order valence-electron chi connectivity index (χ4n) is 1.22. The van der Waals surface area contributed by atoms with Crippen LogP contribution in [-0.4, -0.2) is 26.1 Å². The zero-order chi connectivity index (χ0) is 12.0. The van der Waals surface area contributed by atoms with Gasteiger partial charge in [0.1, 0.15) is 5.75 Å². The van der Waals surface area contributed by atoms with Gasteiger partial charge in [-0.3, -0.25) is 4.79 Å². The molecule has 1 aromatic carbocycles.